The van der Waals surface area contributed by atoms with E-state index in [2.05, 4.69) is 0 Å². The fourth-order valence-electron chi connectivity index (χ4n) is 0. The number of rotatable bonds is 1. The Kier molecular flexibility index (Phi) is 1.86. The molecule has 0 rings (SSSR count). The smallest absolute Gasteiger partial charge is 0.0834 e. The zero-order valence-corrected chi connectivity index (χ0v) is 7.89. The minimum atomic E-state index is -0.945. The zero-order valence-electron chi connectivity index (χ0n) is 5.89. The maximum atomic E-state index is 9.17. The lowest BCUT2D eigenvalue weighted by atomic mass is 10.0. The predicted octanol–water partition coefficient (Wildman–Crippen LogP) is -1.17. The van der Waals surface area contributed by atoms with Crippen LogP contribution < -0.4 is 0 Å². The topological polar surface area (TPSA) is 40.5 Å². The molecule has 0 heterocycles. The van der Waals surface area contributed by atoms with Gasteiger partial charge < -0.3 is 10.2 Å². The second kappa shape index (κ2) is 1.82. The monoisotopic (exact) mass is 134 g/mol. The lowest BCUT2D eigenvalue weighted by Crippen LogP contribution is -2.47. The third kappa shape index (κ3) is 1.94. The number of aliphatic hydroxyl groups is 2. The minimum Gasteiger partial charge on any atom is -0.392 e. The molecule has 50 valence electrons. The first-order valence-electron chi connectivity index (χ1n) is 2.70. The second-order valence-electron chi connectivity index (χ2n) is 3.12. The van der Waals surface area contributed by atoms with E-state index in [1.54, 1.807) is 20.8 Å². The van der Waals surface area contributed by atoms with E-state index >= 15 is 0 Å². The summed E-state index contributed by atoms with van der Waals surface area (Å²) in [6.07, 6.45) is 0. The quantitative estimate of drug-likeness (QED) is 0.444. The third-order valence-electron chi connectivity index (χ3n) is 1.50. The molecule has 2 N–H and O–H groups in total. The molecule has 0 aliphatic carbocycles. The lowest BCUT2D eigenvalue weighted by molar-refractivity contribution is -0.0662. The maximum absolute atomic E-state index is 9.17. The Morgan fingerprint density at radius 2 is 1.25 bits per heavy atom. The summed E-state index contributed by atoms with van der Waals surface area (Å²) in [5.41, 5.74) is -0.945. The van der Waals surface area contributed by atoms with E-state index in [1.807, 2.05) is 0 Å². The van der Waals surface area contributed by atoms with Gasteiger partial charge in [-0.3, -0.25) is 0 Å². The second-order valence-corrected chi connectivity index (χ2v) is 5.07. The fraction of sp³-hybridized carbons (Fsp3) is 1.00. The number of hydrogen-bond donors (Lipinski definition) is 2. The van der Waals surface area contributed by atoms with Crippen LogP contribution in [0.4, 0.5) is 0 Å². The van der Waals surface area contributed by atoms with Gasteiger partial charge in [-0.2, -0.15) is 0 Å². The van der Waals surface area contributed by atoms with Crippen LogP contribution in [0, 0.1) is 0 Å². The van der Waals surface area contributed by atoms with Crippen molar-refractivity contribution in [2.45, 2.75) is 31.6 Å². The van der Waals surface area contributed by atoms with Crippen molar-refractivity contribution in [1.29, 1.82) is 0 Å². The van der Waals surface area contributed by atoms with Crippen molar-refractivity contribution in [3.05, 3.63) is 0 Å². The molecule has 0 saturated carbocycles. The molecular weight excluding hydrogens is 120 g/mol. The molecule has 0 aliphatic rings. The van der Waals surface area contributed by atoms with E-state index in [0.29, 0.717) is 10.2 Å². The van der Waals surface area contributed by atoms with Crippen LogP contribution in [0.3, 0.4) is 0 Å². The van der Waals surface area contributed by atoms with Crippen molar-refractivity contribution in [2.24, 2.45) is 0 Å². The van der Waals surface area contributed by atoms with Gasteiger partial charge in [0.15, 0.2) is 0 Å². The zero-order chi connectivity index (χ0) is 7.00. The van der Waals surface area contributed by atoms with E-state index in [1.165, 1.54) is 0 Å². The van der Waals surface area contributed by atoms with Gasteiger partial charge in [-0.25, -0.2) is 0 Å². The van der Waals surface area contributed by atoms with Gasteiger partial charge in [0.05, 0.1) is 10.8 Å². The van der Waals surface area contributed by atoms with Crippen molar-refractivity contribution in [1.82, 2.24) is 0 Å². The van der Waals surface area contributed by atoms with Gasteiger partial charge in [0.25, 0.3) is 0 Å². The van der Waals surface area contributed by atoms with Crippen LogP contribution in [-0.2, 0) is 0 Å². The molecule has 8 heavy (non-hydrogen) atoms. The molecular formula is C5H14O2Si. The molecule has 0 spiro atoms. The average molecular weight is 134 g/mol. The summed E-state index contributed by atoms with van der Waals surface area (Å²) in [6, 6.07) is 0. The van der Waals surface area contributed by atoms with Crippen molar-refractivity contribution in [2.75, 3.05) is 0 Å². The fourth-order valence-corrected chi connectivity index (χ4v) is 0. The summed E-state index contributed by atoms with van der Waals surface area (Å²) in [5, 5.41) is 17.4. The molecule has 0 bridgehead atoms. The molecule has 0 aromatic rings. The summed E-state index contributed by atoms with van der Waals surface area (Å²) < 4.78 is 0. The molecule has 0 radical (unpaired) electrons. The van der Waals surface area contributed by atoms with Gasteiger partial charge in [-0.05, 0) is 20.8 Å². The molecule has 2 nitrogen and oxygen atoms in total. The van der Waals surface area contributed by atoms with Gasteiger partial charge in [-0.1, -0.05) is 0 Å². The van der Waals surface area contributed by atoms with E-state index in [9.17, 15) is 0 Å². The first kappa shape index (κ1) is 8.14. The largest absolute Gasteiger partial charge is 0.392 e. The highest BCUT2D eigenvalue weighted by molar-refractivity contribution is 6.14. The Morgan fingerprint density at radius 3 is 1.25 bits per heavy atom. The molecule has 3 heteroatoms. The van der Waals surface area contributed by atoms with Crippen molar-refractivity contribution >= 4 is 10.2 Å². The maximum Gasteiger partial charge on any atom is 0.0834 e. The summed E-state index contributed by atoms with van der Waals surface area (Å²) in [5.74, 6) is 0. The molecule has 0 aliphatic heterocycles. The molecule has 0 fully saturated rings. The van der Waals surface area contributed by atoms with Crippen LogP contribution in [0.1, 0.15) is 20.8 Å². The highest BCUT2D eigenvalue weighted by Crippen LogP contribution is 2.15. The normalized spacial score (nSPS) is 20.6. The summed E-state index contributed by atoms with van der Waals surface area (Å²) in [6.45, 7) is 4.86. The van der Waals surface area contributed by atoms with Gasteiger partial charge in [0, 0.05) is 10.2 Å². The summed E-state index contributed by atoms with van der Waals surface area (Å²) >= 11 is 0. The van der Waals surface area contributed by atoms with Crippen molar-refractivity contribution < 1.29 is 10.2 Å². The van der Waals surface area contributed by atoms with E-state index < -0.39 is 10.8 Å². The highest BCUT2D eigenvalue weighted by Gasteiger charge is 2.31. The predicted molar refractivity (Wildman–Crippen MR) is 36.9 cm³/mol. The lowest BCUT2D eigenvalue weighted by Gasteiger charge is -2.31. The Balaban J connectivity index is 4.02. The van der Waals surface area contributed by atoms with Crippen LogP contribution in [0.25, 0.3) is 0 Å². The van der Waals surface area contributed by atoms with Crippen LogP contribution in [0.5, 0.6) is 0 Å². The molecule has 0 saturated heterocycles. The Hall–Kier alpha value is 0.137. The van der Waals surface area contributed by atoms with E-state index in [0.717, 1.165) is 0 Å². The highest BCUT2D eigenvalue weighted by atomic mass is 28.1. The Labute approximate surface area is 53.0 Å². The first-order valence-corrected chi connectivity index (χ1v) is 3.70. The molecule has 0 aromatic heterocycles. The molecule has 0 amide bonds. The average Bonchev–Trinajstić information content (AvgIpc) is 1.25. The third-order valence-corrected chi connectivity index (χ3v) is 2.72. The Morgan fingerprint density at radius 1 is 1.12 bits per heavy atom. The SMILES string of the molecule is CC(C)(O)C(C)(O)[SiH3]. The Bertz CT molecular complexity index is 65.4. The van der Waals surface area contributed by atoms with Gasteiger partial charge in [-0.15, -0.1) is 0 Å². The summed E-state index contributed by atoms with van der Waals surface area (Å²) in [7, 11) is 0.593. The van der Waals surface area contributed by atoms with Crippen LogP contribution in [0.15, 0.2) is 0 Å². The summed E-state index contributed by atoms with van der Waals surface area (Å²) in [4.78, 5) is 0. The standard InChI is InChI=1S/C5H14O2Si/c1-4(2,6)5(3,7)8/h6-7H,1-3,8H3. The molecule has 1 unspecified atom stereocenters. The minimum absolute atomic E-state index is 0.593. The first-order chi connectivity index (χ1) is 3.25. The van der Waals surface area contributed by atoms with Crippen LogP contribution >= 0.6 is 0 Å². The van der Waals surface area contributed by atoms with Crippen molar-refractivity contribution in [3.8, 4) is 0 Å². The van der Waals surface area contributed by atoms with Gasteiger partial charge >= 0.3 is 0 Å². The van der Waals surface area contributed by atoms with Gasteiger partial charge in [0.1, 0.15) is 0 Å². The van der Waals surface area contributed by atoms with Crippen LogP contribution in [0.2, 0.25) is 0 Å². The van der Waals surface area contributed by atoms with E-state index in [-0.39, 0.29) is 0 Å². The van der Waals surface area contributed by atoms with E-state index in [4.69, 9.17) is 10.2 Å². The van der Waals surface area contributed by atoms with Gasteiger partial charge in [0.2, 0.25) is 0 Å². The van der Waals surface area contributed by atoms with Crippen molar-refractivity contribution in [3.63, 3.8) is 0 Å². The number of hydrogen-bond acceptors (Lipinski definition) is 2. The van der Waals surface area contributed by atoms with Crippen LogP contribution in [-0.4, -0.2) is 31.3 Å². The molecule has 1 atom stereocenters. The molecule has 0 aromatic carbocycles.